The molecule has 4 aromatic carbocycles. The topological polar surface area (TPSA) is 53.1 Å². The van der Waals surface area contributed by atoms with Crippen LogP contribution in [0.5, 0.6) is 0 Å². The molecule has 1 saturated heterocycles. The van der Waals surface area contributed by atoms with Crippen LogP contribution in [0.1, 0.15) is 41.3 Å². The van der Waals surface area contributed by atoms with Crippen LogP contribution in [0, 0.1) is 0 Å². The van der Waals surface area contributed by atoms with E-state index in [9.17, 15) is 9.59 Å². The summed E-state index contributed by atoms with van der Waals surface area (Å²) < 4.78 is 5.86. The third kappa shape index (κ3) is 8.72. The Kier molecular flexibility index (Phi) is 11.8. The minimum atomic E-state index is -0.291. The van der Waals surface area contributed by atoms with Crippen molar-refractivity contribution in [3.05, 3.63) is 138 Å². The molecular formula is C36H41N3O3S. The van der Waals surface area contributed by atoms with Gasteiger partial charge in [0.1, 0.15) is 6.61 Å². The lowest BCUT2D eigenvalue weighted by Crippen LogP contribution is -2.49. The van der Waals surface area contributed by atoms with Crippen LogP contribution in [0.25, 0.3) is 0 Å². The SMILES string of the molecule is C[C@@H](COC(=O)N1CCC(N(C(=O)c2ccccc2)c2ccccc2)CC1)N(Cc1ccccc1)Cc1ccccc1.S. The van der Waals surface area contributed by atoms with E-state index >= 15 is 0 Å². The number of anilines is 1. The number of hydrogen-bond donors (Lipinski definition) is 0. The van der Waals surface area contributed by atoms with E-state index in [2.05, 4.69) is 60.4 Å². The standard InChI is InChI=1S/C36H39N3O3.H2S/c1-29(38(26-30-14-6-2-7-15-30)27-31-16-8-3-9-17-31)28-42-36(41)37-24-22-34(23-25-37)39(33-20-12-5-13-21-33)35(40)32-18-10-4-11-19-32;/h2-21,29,34H,22-28H2,1H3;1H2/t29-;/m0./s1. The highest BCUT2D eigenvalue weighted by Gasteiger charge is 2.32. The van der Waals surface area contributed by atoms with E-state index in [0.29, 0.717) is 38.1 Å². The van der Waals surface area contributed by atoms with Gasteiger partial charge in [-0.1, -0.05) is 97.1 Å². The summed E-state index contributed by atoms with van der Waals surface area (Å²) >= 11 is 0. The summed E-state index contributed by atoms with van der Waals surface area (Å²) in [7, 11) is 0. The van der Waals surface area contributed by atoms with Crippen LogP contribution in [0.2, 0.25) is 0 Å². The van der Waals surface area contributed by atoms with E-state index in [0.717, 1.165) is 18.8 Å². The molecule has 224 valence electrons. The molecule has 2 amide bonds. The molecule has 1 aliphatic heterocycles. The zero-order chi connectivity index (χ0) is 29.1. The van der Waals surface area contributed by atoms with Crippen molar-refractivity contribution in [3.63, 3.8) is 0 Å². The number of carbonyl (C=O) groups is 2. The Morgan fingerprint density at radius 2 is 1.21 bits per heavy atom. The van der Waals surface area contributed by atoms with E-state index in [1.165, 1.54) is 11.1 Å². The molecule has 0 spiro atoms. The Morgan fingerprint density at radius 1 is 0.744 bits per heavy atom. The van der Waals surface area contributed by atoms with Crippen LogP contribution in [-0.4, -0.2) is 53.6 Å². The van der Waals surface area contributed by atoms with Crippen LogP contribution in [-0.2, 0) is 17.8 Å². The first-order valence-electron chi connectivity index (χ1n) is 14.8. The lowest BCUT2D eigenvalue weighted by atomic mass is 10.0. The van der Waals surface area contributed by atoms with Gasteiger partial charge in [-0.2, -0.15) is 13.5 Å². The first kappa shape index (κ1) is 31.9. The van der Waals surface area contributed by atoms with Crippen LogP contribution in [0.3, 0.4) is 0 Å². The van der Waals surface area contributed by atoms with Crippen molar-refractivity contribution in [2.45, 2.75) is 44.9 Å². The smallest absolute Gasteiger partial charge is 0.409 e. The molecule has 1 atom stereocenters. The number of amides is 2. The maximum Gasteiger partial charge on any atom is 0.409 e. The van der Waals surface area contributed by atoms with Gasteiger partial charge in [0.05, 0.1) is 0 Å². The van der Waals surface area contributed by atoms with E-state index < -0.39 is 0 Å². The second-order valence-corrected chi connectivity index (χ2v) is 10.9. The second-order valence-electron chi connectivity index (χ2n) is 10.9. The van der Waals surface area contributed by atoms with Gasteiger partial charge in [-0.3, -0.25) is 9.69 Å². The number of para-hydroxylation sites is 1. The number of benzene rings is 4. The van der Waals surface area contributed by atoms with Gasteiger partial charge >= 0.3 is 6.09 Å². The van der Waals surface area contributed by atoms with Crippen molar-refractivity contribution in [1.82, 2.24) is 9.80 Å². The van der Waals surface area contributed by atoms with Crippen LogP contribution >= 0.6 is 13.5 Å². The molecule has 6 nitrogen and oxygen atoms in total. The molecule has 1 fully saturated rings. The largest absolute Gasteiger partial charge is 0.448 e. The summed E-state index contributed by atoms with van der Waals surface area (Å²) in [6.45, 7) is 5.04. The Hall–Kier alpha value is -4.07. The van der Waals surface area contributed by atoms with Gasteiger partial charge in [-0.05, 0) is 55.2 Å². The molecule has 1 heterocycles. The summed E-state index contributed by atoms with van der Waals surface area (Å²) in [6, 6.07) is 40.0. The molecule has 43 heavy (non-hydrogen) atoms. The fourth-order valence-electron chi connectivity index (χ4n) is 5.50. The lowest BCUT2D eigenvalue weighted by Gasteiger charge is -2.38. The monoisotopic (exact) mass is 595 g/mol. The number of likely N-dealkylation sites (tertiary alicyclic amines) is 1. The van der Waals surface area contributed by atoms with Crippen LogP contribution < -0.4 is 4.90 Å². The van der Waals surface area contributed by atoms with E-state index in [1.807, 2.05) is 77.7 Å². The summed E-state index contributed by atoms with van der Waals surface area (Å²) in [4.78, 5) is 32.7. The Labute approximate surface area is 262 Å². The molecular weight excluding hydrogens is 554 g/mol. The van der Waals surface area contributed by atoms with Gasteiger partial charge in [-0.15, -0.1) is 0 Å². The average Bonchev–Trinajstić information content (AvgIpc) is 3.05. The quantitative estimate of drug-likeness (QED) is 0.196. The van der Waals surface area contributed by atoms with Crippen LogP contribution in [0.15, 0.2) is 121 Å². The van der Waals surface area contributed by atoms with Gasteiger partial charge in [-0.25, -0.2) is 4.79 Å². The number of carbonyl (C=O) groups excluding carboxylic acids is 2. The molecule has 4 aromatic rings. The van der Waals surface area contributed by atoms with Gasteiger partial charge in [0.15, 0.2) is 0 Å². The van der Waals surface area contributed by atoms with Crippen molar-refractivity contribution in [2.75, 3.05) is 24.6 Å². The molecule has 1 aliphatic rings. The fraction of sp³-hybridized carbons (Fsp3) is 0.278. The van der Waals surface area contributed by atoms with E-state index in [4.69, 9.17) is 4.74 Å². The van der Waals surface area contributed by atoms with E-state index in [-0.39, 0.29) is 37.6 Å². The maximum absolute atomic E-state index is 13.6. The molecule has 0 aromatic heterocycles. The molecule has 0 unspecified atom stereocenters. The highest BCUT2D eigenvalue weighted by molar-refractivity contribution is 7.59. The van der Waals surface area contributed by atoms with Crippen molar-refractivity contribution < 1.29 is 14.3 Å². The summed E-state index contributed by atoms with van der Waals surface area (Å²) in [5.41, 5.74) is 3.98. The molecule has 0 saturated carbocycles. The summed E-state index contributed by atoms with van der Waals surface area (Å²) in [6.07, 6.45) is 1.08. The Bertz CT molecular complexity index is 1360. The zero-order valence-corrected chi connectivity index (χ0v) is 25.7. The number of hydrogen-bond acceptors (Lipinski definition) is 4. The van der Waals surface area contributed by atoms with E-state index in [1.54, 1.807) is 4.90 Å². The fourth-order valence-corrected chi connectivity index (χ4v) is 5.50. The van der Waals surface area contributed by atoms with Gasteiger partial charge in [0.2, 0.25) is 0 Å². The summed E-state index contributed by atoms with van der Waals surface area (Å²) in [5.74, 6) is -0.0198. The Balaban J connectivity index is 0.00000423. The predicted octanol–water partition coefficient (Wildman–Crippen LogP) is 7.14. The zero-order valence-electron chi connectivity index (χ0n) is 24.7. The second kappa shape index (κ2) is 16.0. The van der Waals surface area contributed by atoms with Crippen molar-refractivity contribution in [2.24, 2.45) is 0 Å². The Morgan fingerprint density at radius 3 is 1.72 bits per heavy atom. The number of ether oxygens (including phenoxy) is 1. The number of nitrogens with zero attached hydrogens (tertiary/aromatic N) is 3. The third-order valence-corrected chi connectivity index (χ3v) is 7.89. The van der Waals surface area contributed by atoms with Gasteiger partial charge < -0.3 is 14.5 Å². The highest BCUT2D eigenvalue weighted by atomic mass is 32.1. The summed E-state index contributed by atoms with van der Waals surface area (Å²) in [5, 5.41) is 0. The van der Waals surface area contributed by atoms with Crippen molar-refractivity contribution in [3.8, 4) is 0 Å². The number of piperidine rings is 1. The molecule has 0 aliphatic carbocycles. The molecule has 0 radical (unpaired) electrons. The number of rotatable bonds is 10. The normalized spacial score (nSPS) is 14.0. The van der Waals surface area contributed by atoms with Gasteiger partial charge in [0, 0.05) is 49.5 Å². The molecule has 7 heteroatoms. The van der Waals surface area contributed by atoms with Crippen LogP contribution in [0.4, 0.5) is 10.5 Å². The van der Waals surface area contributed by atoms with Crippen molar-refractivity contribution >= 4 is 31.2 Å². The highest BCUT2D eigenvalue weighted by Crippen LogP contribution is 2.26. The van der Waals surface area contributed by atoms with Crippen molar-refractivity contribution in [1.29, 1.82) is 0 Å². The minimum Gasteiger partial charge on any atom is -0.448 e. The first-order valence-corrected chi connectivity index (χ1v) is 14.8. The van der Waals surface area contributed by atoms with Gasteiger partial charge in [0.25, 0.3) is 5.91 Å². The first-order chi connectivity index (χ1) is 20.6. The molecule has 0 bridgehead atoms. The lowest BCUT2D eigenvalue weighted by molar-refractivity contribution is 0.0585. The minimum absolute atomic E-state index is 0. The molecule has 5 rings (SSSR count). The third-order valence-electron chi connectivity index (χ3n) is 7.89. The predicted molar refractivity (Wildman–Crippen MR) is 178 cm³/mol. The maximum atomic E-state index is 13.6. The average molecular weight is 596 g/mol. The molecule has 0 N–H and O–H groups in total.